The van der Waals surface area contributed by atoms with Gasteiger partial charge in [-0.3, -0.25) is 4.98 Å². The minimum atomic E-state index is 0.606. The van der Waals surface area contributed by atoms with Crippen LogP contribution in [0.3, 0.4) is 0 Å². The topological polar surface area (TPSA) is 55.0 Å². The Morgan fingerprint density at radius 1 is 1.35 bits per heavy atom. The molecular weight excluding hydrogens is 212 g/mol. The van der Waals surface area contributed by atoms with Crippen molar-refractivity contribution in [2.45, 2.75) is 34.1 Å². The first-order valence-electron chi connectivity index (χ1n) is 6.29. The Morgan fingerprint density at radius 2 is 2.06 bits per heavy atom. The molecule has 0 aromatic carbocycles. The van der Waals surface area contributed by atoms with Gasteiger partial charge in [0.15, 0.2) is 0 Å². The van der Waals surface area contributed by atoms with Crippen molar-refractivity contribution in [1.82, 2.24) is 9.97 Å². The van der Waals surface area contributed by atoms with Gasteiger partial charge in [-0.1, -0.05) is 13.8 Å². The Morgan fingerprint density at radius 3 is 2.65 bits per heavy atom. The molecule has 1 aromatic heterocycles. The van der Waals surface area contributed by atoms with Crippen molar-refractivity contribution in [2.24, 2.45) is 11.7 Å². The molecule has 0 unspecified atom stereocenters. The van der Waals surface area contributed by atoms with Crippen LogP contribution < -0.4 is 10.6 Å². The molecular formula is C13H24N4. The molecule has 1 heterocycles. The average molecular weight is 236 g/mol. The summed E-state index contributed by atoms with van der Waals surface area (Å²) in [7, 11) is 0. The third kappa shape index (κ3) is 4.30. The maximum Gasteiger partial charge on any atom is 0.150 e. The Labute approximate surface area is 104 Å². The number of rotatable bonds is 6. The van der Waals surface area contributed by atoms with Gasteiger partial charge in [0.2, 0.25) is 0 Å². The van der Waals surface area contributed by atoms with Crippen LogP contribution >= 0.6 is 0 Å². The van der Waals surface area contributed by atoms with Gasteiger partial charge in [0.05, 0.1) is 11.4 Å². The molecule has 2 N–H and O–H groups in total. The molecule has 0 aliphatic carbocycles. The molecule has 17 heavy (non-hydrogen) atoms. The zero-order valence-electron chi connectivity index (χ0n) is 11.4. The summed E-state index contributed by atoms with van der Waals surface area (Å²) in [5, 5.41) is 0. The van der Waals surface area contributed by atoms with Gasteiger partial charge in [-0.2, -0.15) is 0 Å². The van der Waals surface area contributed by atoms with E-state index < -0.39 is 0 Å². The molecule has 0 amide bonds. The first-order valence-corrected chi connectivity index (χ1v) is 6.29. The van der Waals surface area contributed by atoms with Crippen molar-refractivity contribution in [1.29, 1.82) is 0 Å². The van der Waals surface area contributed by atoms with E-state index in [2.05, 4.69) is 28.7 Å². The largest absolute Gasteiger partial charge is 0.355 e. The normalized spacial score (nSPS) is 10.9. The Balaban J connectivity index is 2.90. The van der Waals surface area contributed by atoms with Crippen molar-refractivity contribution in [2.75, 3.05) is 24.5 Å². The van der Waals surface area contributed by atoms with Crippen molar-refractivity contribution in [3.63, 3.8) is 0 Å². The Kier molecular flexibility index (Phi) is 5.35. The van der Waals surface area contributed by atoms with Gasteiger partial charge in [0.1, 0.15) is 5.82 Å². The Hall–Kier alpha value is -1.16. The molecule has 0 saturated heterocycles. The quantitative estimate of drug-likeness (QED) is 0.819. The van der Waals surface area contributed by atoms with E-state index in [9.17, 15) is 0 Å². The van der Waals surface area contributed by atoms with Gasteiger partial charge in [-0.05, 0) is 32.7 Å². The fraction of sp³-hybridized carbons (Fsp3) is 0.692. The van der Waals surface area contributed by atoms with E-state index in [-0.39, 0.29) is 0 Å². The predicted octanol–water partition coefficient (Wildman–Crippen LogP) is 1.90. The van der Waals surface area contributed by atoms with Gasteiger partial charge in [0, 0.05) is 19.3 Å². The summed E-state index contributed by atoms with van der Waals surface area (Å²) in [4.78, 5) is 11.3. The molecule has 0 fully saturated rings. The molecule has 0 atom stereocenters. The molecule has 0 radical (unpaired) electrons. The van der Waals surface area contributed by atoms with Crippen molar-refractivity contribution < 1.29 is 0 Å². The fourth-order valence-electron chi connectivity index (χ4n) is 1.83. The maximum atomic E-state index is 5.59. The summed E-state index contributed by atoms with van der Waals surface area (Å²) in [5.41, 5.74) is 7.55. The lowest BCUT2D eigenvalue weighted by Gasteiger charge is -2.26. The van der Waals surface area contributed by atoms with Crippen LogP contribution in [0.2, 0.25) is 0 Å². The second-order valence-corrected chi connectivity index (χ2v) is 4.90. The highest BCUT2D eigenvalue weighted by Gasteiger charge is 2.13. The van der Waals surface area contributed by atoms with Crippen molar-refractivity contribution >= 4 is 5.82 Å². The van der Waals surface area contributed by atoms with Gasteiger partial charge in [-0.25, -0.2) is 4.98 Å². The van der Waals surface area contributed by atoms with Gasteiger partial charge in [-0.15, -0.1) is 0 Å². The molecule has 96 valence electrons. The lowest BCUT2D eigenvalue weighted by Crippen LogP contribution is -2.31. The standard InChI is InChI=1S/C13H24N4/c1-10(2)9-17(7-5-6-14)13-12(4)15-8-11(3)16-13/h8,10H,5-7,9,14H2,1-4H3. The third-order valence-corrected chi connectivity index (χ3v) is 2.57. The summed E-state index contributed by atoms with van der Waals surface area (Å²) >= 11 is 0. The van der Waals surface area contributed by atoms with Crippen LogP contribution in [0.25, 0.3) is 0 Å². The number of aromatic nitrogens is 2. The van der Waals surface area contributed by atoms with Crippen LogP contribution in [0.5, 0.6) is 0 Å². The van der Waals surface area contributed by atoms with Crippen LogP contribution in [0, 0.1) is 19.8 Å². The number of nitrogens with zero attached hydrogens (tertiary/aromatic N) is 3. The van der Waals surface area contributed by atoms with E-state index in [0.717, 1.165) is 36.7 Å². The summed E-state index contributed by atoms with van der Waals surface area (Å²) < 4.78 is 0. The number of aryl methyl sites for hydroxylation is 2. The highest BCUT2D eigenvalue weighted by atomic mass is 15.2. The molecule has 1 aromatic rings. The zero-order chi connectivity index (χ0) is 12.8. The smallest absolute Gasteiger partial charge is 0.150 e. The second kappa shape index (κ2) is 6.55. The predicted molar refractivity (Wildman–Crippen MR) is 72.2 cm³/mol. The number of hydrogen-bond acceptors (Lipinski definition) is 4. The summed E-state index contributed by atoms with van der Waals surface area (Å²) in [6, 6.07) is 0. The highest BCUT2D eigenvalue weighted by molar-refractivity contribution is 5.43. The van der Waals surface area contributed by atoms with E-state index in [1.54, 1.807) is 0 Å². The number of hydrogen-bond donors (Lipinski definition) is 1. The van der Waals surface area contributed by atoms with Crippen molar-refractivity contribution in [3.05, 3.63) is 17.6 Å². The Bertz CT molecular complexity index is 349. The highest BCUT2D eigenvalue weighted by Crippen LogP contribution is 2.17. The summed E-state index contributed by atoms with van der Waals surface area (Å²) in [5.74, 6) is 1.61. The molecule has 0 saturated carbocycles. The van der Waals surface area contributed by atoms with Crippen LogP contribution in [0.1, 0.15) is 31.7 Å². The molecule has 0 bridgehead atoms. The average Bonchev–Trinajstić information content (AvgIpc) is 2.27. The van der Waals surface area contributed by atoms with E-state index in [4.69, 9.17) is 5.73 Å². The SMILES string of the molecule is Cc1cnc(C)c(N(CCCN)CC(C)C)n1. The summed E-state index contributed by atoms with van der Waals surface area (Å²) in [6.45, 7) is 11.1. The minimum Gasteiger partial charge on any atom is -0.355 e. The van der Waals surface area contributed by atoms with E-state index in [1.807, 2.05) is 20.0 Å². The minimum absolute atomic E-state index is 0.606. The van der Waals surface area contributed by atoms with E-state index in [0.29, 0.717) is 12.5 Å². The van der Waals surface area contributed by atoms with E-state index in [1.165, 1.54) is 0 Å². The number of nitrogens with two attached hydrogens (primary N) is 1. The molecule has 0 aliphatic heterocycles. The molecule has 4 heteroatoms. The fourth-order valence-corrected chi connectivity index (χ4v) is 1.83. The van der Waals surface area contributed by atoms with Crippen LogP contribution in [0.4, 0.5) is 5.82 Å². The first kappa shape index (κ1) is 13.9. The van der Waals surface area contributed by atoms with E-state index >= 15 is 0 Å². The van der Waals surface area contributed by atoms with Gasteiger partial charge >= 0.3 is 0 Å². The van der Waals surface area contributed by atoms with Crippen LogP contribution in [-0.2, 0) is 0 Å². The van der Waals surface area contributed by atoms with Crippen molar-refractivity contribution in [3.8, 4) is 0 Å². The van der Waals surface area contributed by atoms with Crippen LogP contribution in [-0.4, -0.2) is 29.6 Å². The lowest BCUT2D eigenvalue weighted by molar-refractivity contribution is 0.593. The molecule has 4 nitrogen and oxygen atoms in total. The van der Waals surface area contributed by atoms with Gasteiger partial charge in [0.25, 0.3) is 0 Å². The lowest BCUT2D eigenvalue weighted by atomic mass is 10.2. The molecule has 0 aliphatic rings. The zero-order valence-corrected chi connectivity index (χ0v) is 11.4. The molecule has 1 rings (SSSR count). The van der Waals surface area contributed by atoms with Crippen LogP contribution in [0.15, 0.2) is 6.20 Å². The number of anilines is 1. The van der Waals surface area contributed by atoms with Gasteiger partial charge < -0.3 is 10.6 Å². The maximum absolute atomic E-state index is 5.59. The third-order valence-electron chi connectivity index (χ3n) is 2.57. The monoisotopic (exact) mass is 236 g/mol. The summed E-state index contributed by atoms with van der Waals surface area (Å²) in [6.07, 6.45) is 2.80. The molecule has 0 spiro atoms. The second-order valence-electron chi connectivity index (χ2n) is 4.90. The first-order chi connectivity index (χ1) is 8.04.